The molecule has 4 heteroatoms. The summed E-state index contributed by atoms with van der Waals surface area (Å²) < 4.78 is 13.2. The molecule has 1 atom stereocenters. The van der Waals surface area contributed by atoms with Crippen molar-refractivity contribution in [2.75, 3.05) is 13.2 Å². The number of nitrogens with one attached hydrogen (secondary N) is 1. The van der Waals surface area contributed by atoms with Gasteiger partial charge in [-0.15, -0.1) is 0 Å². The Bertz CT molecular complexity index is 346. The second-order valence-corrected chi connectivity index (χ2v) is 4.57. The number of rotatable bonds is 7. The zero-order chi connectivity index (χ0) is 12.7. The maximum Gasteiger partial charge on any atom is 0.142 e. The molecule has 1 aromatic rings. The van der Waals surface area contributed by atoms with Gasteiger partial charge in [0.05, 0.1) is 5.02 Å². The fourth-order valence-corrected chi connectivity index (χ4v) is 1.82. The smallest absolute Gasteiger partial charge is 0.142 e. The molecule has 17 heavy (non-hydrogen) atoms. The van der Waals surface area contributed by atoms with Gasteiger partial charge in [0.15, 0.2) is 0 Å². The first-order valence-corrected chi connectivity index (χ1v) is 6.30. The lowest BCUT2D eigenvalue weighted by Gasteiger charge is -2.14. The Morgan fingerprint density at radius 3 is 2.82 bits per heavy atom. The molecule has 0 spiro atoms. The van der Waals surface area contributed by atoms with Crippen LogP contribution in [0, 0.1) is 11.7 Å². The molecule has 96 valence electrons. The lowest BCUT2D eigenvalue weighted by atomic mass is 10.0. The highest BCUT2D eigenvalue weighted by Gasteiger charge is 2.05. The number of halogens is 2. The van der Waals surface area contributed by atoms with Crippen LogP contribution in [0.1, 0.15) is 25.3 Å². The average molecular weight is 260 g/mol. The summed E-state index contributed by atoms with van der Waals surface area (Å²) in [7, 11) is 0. The van der Waals surface area contributed by atoms with Crippen molar-refractivity contribution in [2.45, 2.75) is 26.3 Å². The van der Waals surface area contributed by atoms with Crippen molar-refractivity contribution in [1.29, 1.82) is 0 Å². The summed E-state index contributed by atoms with van der Waals surface area (Å²) in [6, 6.07) is 4.83. The second-order valence-electron chi connectivity index (χ2n) is 4.17. The van der Waals surface area contributed by atoms with Crippen LogP contribution in [0.3, 0.4) is 0 Å². The molecule has 0 bridgehead atoms. The molecule has 1 aromatic carbocycles. The summed E-state index contributed by atoms with van der Waals surface area (Å²) in [6.07, 6.45) is 1.83. The lowest BCUT2D eigenvalue weighted by molar-refractivity contribution is 0.251. The van der Waals surface area contributed by atoms with Gasteiger partial charge in [0.2, 0.25) is 0 Å². The summed E-state index contributed by atoms with van der Waals surface area (Å²) in [6.45, 7) is 3.77. The molecule has 0 fully saturated rings. The fourth-order valence-electron chi connectivity index (χ4n) is 1.70. The first kappa shape index (κ1) is 14.4. The van der Waals surface area contributed by atoms with E-state index in [1.807, 2.05) is 6.07 Å². The first-order valence-electron chi connectivity index (χ1n) is 5.92. The quantitative estimate of drug-likeness (QED) is 0.789. The van der Waals surface area contributed by atoms with Crippen molar-refractivity contribution in [3.8, 4) is 0 Å². The maximum atomic E-state index is 13.2. The van der Waals surface area contributed by atoms with Crippen LogP contribution in [0.25, 0.3) is 0 Å². The zero-order valence-corrected chi connectivity index (χ0v) is 10.8. The normalized spacial score (nSPS) is 12.7. The molecule has 0 aromatic heterocycles. The molecule has 0 saturated carbocycles. The highest BCUT2D eigenvalue weighted by atomic mass is 35.5. The van der Waals surface area contributed by atoms with E-state index in [9.17, 15) is 4.39 Å². The predicted molar refractivity (Wildman–Crippen MR) is 68.6 cm³/mol. The van der Waals surface area contributed by atoms with Gasteiger partial charge in [-0.05, 0) is 36.6 Å². The van der Waals surface area contributed by atoms with Gasteiger partial charge >= 0.3 is 0 Å². The van der Waals surface area contributed by atoms with Crippen LogP contribution < -0.4 is 5.32 Å². The van der Waals surface area contributed by atoms with Crippen molar-refractivity contribution in [2.24, 2.45) is 5.92 Å². The SMILES string of the molecule is CCC(CCO)CNCc1ccc(Cl)c(F)c1. The molecule has 0 amide bonds. The Kier molecular flexibility index (Phi) is 6.48. The Hall–Kier alpha value is -0.640. The molecule has 0 aliphatic heterocycles. The number of hydrogen-bond donors (Lipinski definition) is 2. The van der Waals surface area contributed by atoms with E-state index in [4.69, 9.17) is 16.7 Å². The van der Waals surface area contributed by atoms with E-state index < -0.39 is 0 Å². The fraction of sp³-hybridized carbons (Fsp3) is 0.538. The van der Waals surface area contributed by atoms with Gasteiger partial charge in [0.1, 0.15) is 5.82 Å². The zero-order valence-electron chi connectivity index (χ0n) is 10.0. The van der Waals surface area contributed by atoms with E-state index in [2.05, 4.69) is 12.2 Å². The predicted octanol–water partition coefficient (Wildman–Crippen LogP) is 2.98. The van der Waals surface area contributed by atoms with Gasteiger partial charge in [-0.25, -0.2) is 4.39 Å². The molecule has 1 unspecified atom stereocenters. The molecule has 2 N–H and O–H groups in total. The Morgan fingerprint density at radius 1 is 1.47 bits per heavy atom. The van der Waals surface area contributed by atoms with Crippen molar-refractivity contribution >= 4 is 11.6 Å². The van der Waals surface area contributed by atoms with Crippen molar-refractivity contribution < 1.29 is 9.50 Å². The number of hydrogen-bond acceptors (Lipinski definition) is 2. The van der Waals surface area contributed by atoms with Crippen LogP contribution in [0.5, 0.6) is 0 Å². The van der Waals surface area contributed by atoms with E-state index in [0.717, 1.165) is 24.9 Å². The summed E-state index contributed by atoms with van der Waals surface area (Å²) in [5, 5.41) is 12.3. The molecular formula is C13H19ClFNO. The summed E-state index contributed by atoms with van der Waals surface area (Å²) in [4.78, 5) is 0. The van der Waals surface area contributed by atoms with Crippen LogP contribution in [-0.4, -0.2) is 18.3 Å². The lowest BCUT2D eigenvalue weighted by Crippen LogP contribution is -2.22. The van der Waals surface area contributed by atoms with Gasteiger partial charge < -0.3 is 10.4 Å². The Balaban J connectivity index is 2.37. The van der Waals surface area contributed by atoms with Crippen LogP contribution in [0.15, 0.2) is 18.2 Å². The standard InChI is InChI=1S/C13H19ClFNO/c1-2-10(5-6-17)8-16-9-11-3-4-12(14)13(15)7-11/h3-4,7,10,16-17H,2,5-6,8-9H2,1H3. The van der Waals surface area contributed by atoms with Crippen molar-refractivity contribution in [3.05, 3.63) is 34.6 Å². The highest BCUT2D eigenvalue weighted by Crippen LogP contribution is 2.15. The molecule has 2 nitrogen and oxygen atoms in total. The molecule has 0 aliphatic rings. The van der Waals surface area contributed by atoms with Crippen LogP contribution in [0.2, 0.25) is 5.02 Å². The summed E-state index contributed by atoms with van der Waals surface area (Å²) in [5.41, 5.74) is 0.880. The van der Waals surface area contributed by atoms with Gasteiger partial charge in [0.25, 0.3) is 0 Å². The molecule has 1 rings (SSSR count). The van der Waals surface area contributed by atoms with Crippen LogP contribution in [0.4, 0.5) is 4.39 Å². The first-order chi connectivity index (χ1) is 8.17. The van der Waals surface area contributed by atoms with Gasteiger partial charge in [-0.1, -0.05) is 31.0 Å². The average Bonchev–Trinajstić information content (AvgIpc) is 2.32. The monoisotopic (exact) mass is 259 g/mol. The minimum absolute atomic E-state index is 0.153. The van der Waals surface area contributed by atoms with E-state index in [-0.39, 0.29) is 17.4 Å². The van der Waals surface area contributed by atoms with Crippen molar-refractivity contribution in [3.63, 3.8) is 0 Å². The third-order valence-electron chi connectivity index (χ3n) is 2.86. The van der Waals surface area contributed by atoms with Crippen LogP contribution in [-0.2, 0) is 6.54 Å². The Labute approximate surface area is 107 Å². The minimum atomic E-state index is -0.381. The summed E-state index contributed by atoms with van der Waals surface area (Å²) in [5.74, 6) is 0.0884. The third-order valence-corrected chi connectivity index (χ3v) is 3.17. The number of aliphatic hydroxyl groups is 1. The van der Waals surface area contributed by atoms with Gasteiger partial charge in [0, 0.05) is 13.2 Å². The van der Waals surface area contributed by atoms with Crippen molar-refractivity contribution in [1.82, 2.24) is 5.32 Å². The van der Waals surface area contributed by atoms with E-state index in [1.54, 1.807) is 6.07 Å². The van der Waals surface area contributed by atoms with Crippen LogP contribution >= 0.6 is 11.6 Å². The van der Waals surface area contributed by atoms with Gasteiger partial charge in [-0.2, -0.15) is 0 Å². The third kappa shape index (κ3) is 5.02. The minimum Gasteiger partial charge on any atom is -0.396 e. The van der Waals surface area contributed by atoms with Gasteiger partial charge in [-0.3, -0.25) is 0 Å². The van der Waals surface area contributed by atoms with E-state index in [1.165, 1.54) is 6.07 Å². The highest BCUT2D eigenvalue weighted by molar-refractivity contribution is 6.30. The molecule has 0 heterocycles. The largest absolute Gasteiger partial charge is 0.396 e. The summed E-state index contributed by atoms with van der Waals surface area (Å²) >= 11 is 5.61. The Morgan fingerprint density at radius 2 is 2.24 bits per heavy atom. The molecule has 0 saturated heterocycles. The second kappa shape index (κ2) is 7.64. The van der Waals surface area contributed by atoms with E-state index >= 15 is 0 Å². The maximum absolute atomic E-state index is 13.2. The topological polar surface area (TPSA) is 32.3 Å². The molecule has 0 aliphatic carbocycles. The number of aliphatic hydroxyl groups excluding tert-OH is 1. The molecular weight excluding hydrogens is 241 g/mol. The molecule has 0 radical (unpaired) electrons. The number of benzene rings is 1. The van der Waals surface area contributed by atoms with E-state index in [0.29, 0.717) is 12.5 Å².